The van der Waals surface area contributed by atoms with Gasteiger partial charge in [0.05, 0.1) is 0 Å². The third-order valence-corrected chi connectivity index (χ3v) is 11.4. The van der Waals surface area contributed by atoms with Gasteiger partial charge in [-0.2, -0.15) is 41.5 Å². The van der Waals surface area contributed by atoms with Gasteiger partial charge in [-0.05, 0) is 35.5 Å². The Hall–Kier alpha value is 1.50. The fourth-order valence-electron chi connectivity index (χ4n) is 3.36. The Morgan fingerprint density at radius 3 is 1.17 bits per heavy atom. The standard InChI is InChI=1S/C15H26P.C8H19P.C6H13.C2H5.2ClH.Ti/c1-9(2)16(10(3)4)15-13(7)11(5)12(6)14(15)8;1-7(2)5-9-6-8(3)4;1-5-6(2,3)4;1-2;;;/h9-10H,1-8H3;7-9H,5-6H2,1-4H3;5H,1-4H3;1H2,2H3;2*1H;/q-1;;2*-1;;;+3. The van der Waals surface area contributed by atoms with Crippen LogP contribution in [-0.2, 0) is 21.7 Å². The normalized spacial score (nSPS) is 10.4. The van der Waals surface area contributed by atoms with E-state index in [9.17, 15) is 0 Å². The molecular formula is C31H65Cl2P2Ti. The zero-order valence-electron chi connectivity index (χ0n) is 27.3. The van der Waals surface area contributed by atoms with Crippen LogP contribution in [0.25, 0.3) is 0 Å². The molecule has 0 aliphatic carbocycles. The summed E-state index contributed by atoms with van der Waals surface area (Å²) in [6.07, 6.45) is 5.04. The Kier molecular flexibility index (Phi) is 37.4. The van der Waals surface area contributed by atoms with Gasteiger partial charge >= 0.3 is 21.7 Å². The molecule has 0 N–H and O–H groups in total. The summed E-state index contributed by atoms with van der Waals surface area (Å²) < 4.78 is 0. The SMILES string of the molecule is CC(C)CPCC(C)C.C[CH-]C(C)(C)C.Cc1c(C)c(C)[c-](P(C(C)C)C(C)C)c1C.Cl.Cl.[CH2-]C.[Ti+3]. The number of halogens is 2. The van der Waals surface area contributed by atoms with Gasteiger partial charge in [0.25, 0.3) is 0 Å². The van der Waals surface area contributed by atoms with Gasteiger partial charge in [-0.1, -0.05) is 104 Å². The topological polar surface area (TPSA) is 0 Å². The van der Waals surface area contributed by atoms with Crippen LogP contribution in [0.3, 0.4) is 0 Å². The predicted octanol–water partition coefficient (Wildman–Crippen LogP) is 11.5. The average Bonchev–Trinajstić information content (AvgIpc) is 2.87. The summed E-state index contributed by atoms with van der Waals surface area (Å²) in [5, 5.41) is 1.69. The van der Waals surface area contributed by atoms with Crippen molar-refractivity contribution in [3.8, 4) is 0 Å². The van der Waals surface area contributed by atoms with Crippen molar-refractivity contribution in [2.24, 2.45) is 17.3 Å². The van der Waals surface area contributed by atoms with Crippen LogP contribution < -0.4 is 5.30 Å². The van der Waals surface area contributed by atoms with E-state index in [2.05, 4.69) is 124 Å². The van der Waals surface area contributed by atoms with Crippen molar-refractivity contribution in [1.29, 1.82) is 0 Å². The average molecular weight is 619 g/mol. The maximum absolute atomic E-state index is 3.25. The summed E-state index contributed by atoms with van der Waals surface area (Å²) >= 11 is 0. The van der Waals surface area contributed by atoms with Gasteiger partial charge < -0.3 is 13.3 Å². The van der Waals surface area contributed by atoms with Crippen LogP contribution in [0.1, 0.15) is 112 Å². The van der Waals surface area contributed by atoms with Crippen molar-refractivity contribution >= 4 is 46.6 Å². The summed E-state index contributed by atoms with van der Waals surface area (Å²) in [5.74, 6) is 1.81. The Morgan fingerprint density at radius 2 is 1.00 bits per heavy atom. The van der Waals surface area contributed by atoms with Gasteiger partial charge in [0.15, 0.2) is 0 Å². The molecule has 5 heteroatoms. The largest absolute Gasteiger partial charge is 3.00 e. The molecule has 0 aliphatic rings. The van der Waals surface area contributed by atoms with E-state index in [1.54, 1.807) is 23.4 Å². The van der Waals surface area contributed by atoms with E-state index in [-0.39, 0.29) is 54.5 Å². The Morgan fingerprint density at radius 1 is 0.750 bits per heavy atom. The molecule has 0 nitrogen and oxygen atoms in total. The fourth-order valence-corrected chi connectivity index (χ4v) is 8.02. The van der Waals surface area contributed by atoms with Crippen molar-refractivity contribution in [2.45, 2.75) is 129 Å². The van der Waals surface area contributed by atoms with E-state index in [0.717, 1.165) is 23.2 Å². The molecule has 1 radical (unpaired) electrons. The second-order valence-corrected chi connectivity index (χ2v) is 16.2. The fraction of sp³-hybridized carbons (Fsp3) is 0.774. The second-order valence-electron chi connectivity index (χ2n) is 11.5. The van der Waals surface area contributed by atoms with Gasteiger partial charge in [-0.25, -0.2) is 0 Å². The Balaban J connectivity index is -0.0000000969. The number of hydrogen-bond donors (Lipinski definition) is 0. The molecule has 0 saturated carbocycles. The molecule has 1 aromatic rings. The molecule has 1 aromatic carbocycles. The summed E-state index contributed by atoms with van der Waals surface area (Å²) in [6, 6.07) is 0. The maximum atomic E-state index is 3.25. The number of hydrogen-bond acceptors (Lipinski definition) is 0. The Labute approximate surface area is 261 Å². The molecule has 0 aliphatic heterocycles. The molecule has 0 spiro atoms. The molecule has 0 fully saturated rings. The van der Waals surface area contributed by atoms with E-state index in [1.807, 2.05) is 0 Å². The van der Waals surface area contributed by atoms with E-state index >= 15 is 0 Å². The quantitative estimate of drug-likeness (QED) is 0.162. The zero-order chi connectivity index (χ0) is 27.1. The van der Waals surface area contributed by atoms with E-state index in [0.29, 0.717) is 5.41 Å². The first kappa shape index (κ1) is 50.4. The third-order valence-electron chi connectivity index (χ3n) is 5.74. The van der Waals surface area contributed by atoms with Crippen molar-refractivity contribution < 1.29 is 21.7 Å². The van der Waals surface area contributed by atoms with Gasteiger partial charge in [0.2, 0.25) is 0 Å². The smallest absolute Gasteiger partial charge is 0.346 e. The molecule has 0 bridgehead atoms. The van der Waals surface area contributed by atoms with Crippen LogP contribution in [0.5, 0.6) is 0 Å². The van der Waals surface area contributed by atoms with Crippen molar-refractivity contribution in [1.82, 2.24) is 0 Å². The van der Waals surface area contributed by atoms with Gasteiger partial charge in [0, 0.05) is 0 Å². The van der Waals surface area contributed by atoms with E-state index in [1.165, 1.54) is 32.0 Å². The van der Waals surface area contributed by atoms with Crippen molar-refractivity contribution in [2.75, 3.05) is 12.3 Å². The number of rotatable bonds is 7. The molecule has 36 heavy (non-hydrogen) atoms. The van der Waals surface area contributed by atoms with Crippen molar-refractivity contribution in [3.05, 3.63) is 35.6 Å². The van der Waals surface area contributed by atoms with Gasteiger partial charge in [-0.15, -0.1) is 46.6 Å². The summed E-state index contributed by atoms with van der Waals surface area (Å²) in [6.45, 7) is 41.5. The molecule has 0 aromatic heterocycles. The van der Waals surface area contributed by atoms with Crippen LogP contribution in [0.2, 0.25) is 0 Å². The monoisotopic (exact) mass is 617 g/mol. The van der Waals surface area contributed by atoms with Gasteiger partial charge in [0.1, 0.15) is 0 Å². The van der Waals surface area contributed by atoms with E-state index in [4.69, 9.17) is 0 Å². The minimum absolute atomic E-state index is 0. The summed E-state index contributed by atoms with van der Waals surface area (Å²) in [4.78, 5) is 0. The summed E-state index contributed by atoms with van der Waals surface area (Å²) in [7, 11) is 1.18. The molecular weight excluding hydrogens is 553 g/mol. The molecule has 217 valence electrons. The minimum Gasteiger partial charge on any atom is -0.346 e. The Bertz CT molecular complexity index is 559. The maximum Gasteiger partial charge on any atom is 3.00 e. The van der Waals surface area contributed by atoms with Crippen LogP contribution >= 0.6 is 41.3 Å². The first-order valence-electron chi connectivity index (χ1n) is 13.2. The van der Waals surface area contributed by atoms with Crippen LogP contribution in [0, 0.1) is 58.3 Å². The molecule has 0 saturated heterocycles. The molecule has 0 atom stereocenters. The van der Waals surface area contributed by atoms with Crippen LogP contribution in [0.4, 0.5) is 0 Å². The van der Waals surface area contributed by atoms with Gasteiger partial charge in [-0.3, -0.25) is 0 Å². The first-order valence-corrected chi connectivity index (χ1v) is 16.1. The van der Waals surface area contributed by atoms with Crippen molar-refractivity contribution in [3.63, 3.8) is 0 Å². The minimum atomic E-state index is -0.0108. The third kappa shape index (κ3) is 23.4. The first-order chi connectivity index (χ1) is 15.0. The zero-order valence-corrected chi connectivity index (χ0v) is 32.4. The molecule has 1 rings (SSSR count). The molecule has 0 unspecified atom stereocenters. The van der Waals surface area contributed by atoms with Crippen LogP contribution in [0.15, 0.2) is 0 Å². The predicted molar refractivity (Wildman–Crippen MR) is 180 cm³/mol. The van der Waals surface area contributed by atoms with E-state index < -0.39 is 0 Å². The second kappa shape index (κ2) is 26.7. The molecule has 0 heterocycles. The van der Waals surface area contributed by atoms with Crippen LogP contribution in [-0.4, -0.2) is 23.6 Å². The molecule has 0 amide bonds. The summed E-state index contributed by atoms with van der Waals surface area (Å²) in [5.41, 5.74) is 8.14.